The molecule has 1 amide bonds. The van der Waals surface area contributed by atoms with Gasteiger partial charge in [-0.2, -0.15) is 5.10 Å². The number of nitrogens with two attached hydrogens (primary N) is 1. The van der Waals surface area contributed by atoms with Gasteiger partial charge in [0.15, 0.2) is 11.5 Å². The first-order valence-electron chi connectivity index (χ1n) is 13.3. The first-order chi connectivity index (χ1) is 20.4. The summed E-state index contributed by atoms with van der Waals surface area (Å²) in [7, 11) is 1.82. The van der Waals surface area contributed by atoms with E-state index in [4.69, 9.17) is 5.73 Å². The van der Waals surface area contributed by atoms with Gasteiger partial charge in [-0.25, -0.2) is 9.97 Å². The van der Waals surface area contributed by atoms with Gasteiger partial charge in [0.1, 0.15) is 5.69 Å². The Balaban J connectivity index is 1.43. The maximum atomic E-state index is 14.2. The summed E-state index contributed by atoms with van der Waals surface area (Å²) in [5, 5.41) is 8.30. The number of nitrogen functional groups attached to an aromatic ring is 1. The number of aromatic nitrogens is 5. The van der Waals surface area contributed by atoms with Crippen molar-refractivity contribution in [2.75, 3.05) is 5.73 Å². The highest BCUT2D eigenvalue weighted by Crippen LogP contribution is 2.24. The molecule has 0 radical (unpaired) electrons. The number of nitrogens with one attached hydrogen (secondary N) is 1. The van der Waals surface area contributed by atoms with E-state index < -0.39 is 11.9 Å². The van der Waals surface area contributed by atoms with Crippen molar-refractivity contribution in [3.8, 4) is 17.5 Å². The molecule has 4 heterocycles. The molecule has 3 N–H and O–H groups in total. The van der Waals surface area contributed by atoms with Crippen LogP contribution in [-0.4, -0.2) is 36.4 Å². The van der Waals surface area contributed by atoms with Gasteiger partial charge in [-0.3, -0.25) is 23.8 Å². The number of para-hydroxylation sites is 1. The molecule has 0 fully saturated rings. The number of hydrogen-bond acceptors (Lipinski definition) is 7. The Labute approximate surface area is 241 Å². The van der Waals surface area contributed by atoms with Gasteiger partial charge < -0.3 is 11.1 Å². The van der Waals surface area contributed by atoms with E-state index in [9.17, 15) is 9.59 Å². The van der Waals surface area contributed by atoms with Gasteiger partial charge in [-0.05, 0) is 36.6 Å². The van der Waals surface area contributed by atoms with Crippen molar-refractivity contribution in [2.24, 2.45) is 12.0 Å². The van der Waals surface area contributed by atoms with Crippen molar-refractivity contribution in [1.82, 2.24) is 29.6 Å². The van der Waals surface area contributed by atoms with Crippen LogP contribution in [0.1, 0.15) is 52.4 Å². The zero-order valence-corrected chi connectivity index (χ0v) is 22.9. The highest BCUT2D eigenvalue weighted by Gasteiger charge is 2.22. The minimum atomic E-state index is -0.603. The number of nitrogens with zero attached hydrogens (tertiary/aromatic N) is 6. The lowest BCUT2D eigenvalue weighted by Crippen LogP contribution is -2.33. The number of rotatable bonds is 5. The molecule has 42 heavy (non-hydrogen) atoms. The summed E-state index contributed by atoms with van der Waals surface area (Å²) < 4.78 is 3.28. The molecule has 2 aromatic carbocycles. The van der Waals surface area contributed by atoms with E-state index in [0.29, 0.717) is 45.5 Å². The largest absolute Gasteiger partial charge is 0.382 e. The highest BCUT2D eigenvalue weighted by molar-refractivity contribution is 5.97. The van der Waals surface area contributed by atoms with E-state index in [1.54, 1.807) is 28.6 Å². The predicted molar refractivity (Wildman–Crippen MR) is 162 cm³/mol. The van der Waals surface area contributed by atoms with Crippen LogP contribution in [0.2, 0.25) is 0 Å². The van der Waals surface area contributed by atoms with Crippen LogP contribution >= 0.6 is 0 Å². The van der Waals surface area contributed by atoms with Gasteiger partial charge in [0.05, 0.1) is 35.1 Å². The fourth-order valence-electron chi connectivity index (χ4n) is 4.84. The Morgan fingerprint density at radius 1 is 1.10 bits per heavy atom. The van der Waals surface area contributed by atoms with Crippen LogP contribution in [0, 0.1) is 11.8 Å². The van der Waals surface area contributed by atoms with Gasteiger partial charge in [-0.15, -0.1) is 0 Å². The van der Waals surface area contributed by atoms with Gasteiger partial charge in [0, 0.05) is 42.8 Å². The second-order valence-corrected chi connectivity index (χ2v) is 9.79. The molecule has 0 bridgehead atoms. The van der Waals surface area contributed by atoms with Crippen LogP contribution in [0.25, 0.3) is 22.2 Å². The fourth-order valence-corrected chi connectivity index (χ4v) is 4.84. The Bertz CT molecular complexity index is 2030. The molecule has 10 heteroatoms. The third-order valence-corrected chi connectivity index (χ3v) is 6.85. The van der Waals surface area contributed by atoms with E-state index in [1.807, 2.05) is 73.9 Å². The predicted octanol–water partition coefficient (Wildman–Crippen LogP) is 3.80. The summed E-state index contributed by atoms with van der Waals surface area (Å²) in [5.41, 5.74) is 9.46. The Morgan fingerprint density at radius 3 is 2.67 bits per heavy atom. The third kappa shape index (κ3) is 5.07. The quantitative estimate of drug-likeness (QED) is 0.318. The molecule has 6 rings (SSSR count). The number of aryl methyl sites for hydroxylation is 1. The summed E-state index contributed by atoms with van der Waals surface area (Å²) in [6, 6.07) is 16.1. The molecule has 0 saturated carbocycles. The van der Waals surface area contributed by atoms with E-state index in [0.717, 1.165) is 5.56 Å². The number of benzene rings is 2. The second-order valence-electron chi connectivity index (χ2n) is 9.79. The molecule has 0 unspecified atom stereocenters. The van der Waals surface area contributed by atoms with Crippen molar-refractivity contribution >= 4 is 34.4 Å². The molecule has 0 aliphatic carbocycles. The summed E-state index contributed by atoms with van der Waals surface area (Å²) in [6.45, 7) is 1.81. The van der Waals surface area contributed by atoms with Crippen LogP contribution in [0.5, 0.6) is 0 Å². The number of carbonyl (C=O) groups excluding carboxylic acids is 1. The number of carbonyl (C=O) groups is 1. The van der Waals surface area contributed by atoms with Crippen molar-refractivity contribution in [1.29, 1.82) is 0 Å². The first kappa shape index (κ1) is 26.4. The second kappa shape index (κ2) is 11.0. The maximum absolute atomic E-state index is 14.2. The van der Waals surface area contributed by atoms with Crippen molar-refractivity contribution < 1.29 is 4.79 Å². The molecule has 1 atom stereocenters. The molecule has 0 saturated heterocycles. The number of amides is 1. The number of pyridine rings is 1. The standard InChI is InChI=1S/C32H26N8O2/c1-20(37-31(41)29-30(33)35-18-26(38-29)25-12-7-15-34-25)27-16-23-9-6-8-22(14-13-21-17-36-39(2)19-21)28(23)32(42)40(27)24-10-4-3-5-11-24/h3-6,8-12,15-20H,7H2,1-2H3,(H2,33,35)(H,37,41)/t20-/m1/s1. The van der Waals surface area contributed by atoms with Gasteiger partial charge >= 0.3 is 0 Å². The number of hydrogen-bond donors (Lipinski definition) is 2. The van der Waals surface area contributed by atoms with Crippen LogP contribution in [0.3, 0.4) is 0 Å². The summed E-state index contributed by atoms with van der Waals surface area (Å²) in [4.78, 5) is 40.5. The number of allylic oxidation sites excluding steroid dienone is 1. The van der Waals surface area contributed by atoms with Crippen molar-refractivity contribution in [2.45, 2.75) is 19.4 Å². The SMILES string of the molecule is C[C@@H](NC(=O)c1nc(C2=CCC=N2)cnc1N)c1cc2cccc(C#Cc3cnn(C)c3)c2c(=O)n1-c1ccccc1. The first-order valence-corrected chi connectivity index (χ1v) is 13.3. The van der Waals surface area contributed by atoms with E-state index in [2.05, 4.69) is 37.2 Å². The number of fused-ring (bicyclic) bond motifs is 1. The van der Waals surface area contributed by atoms with Gasteiger partial charge in [0.2, 0.25) is 0 Å². The number of anilines is 1. The average molecular weight is 555 g/mol. The highest BCUT2D eigenvalue weighted by atomic mass is 16.2. The number of aliphatic imine (C=N–C) groups is 1. The lowest BCUT2D eigenvalue weighted by Gasteiger charge is -2.21. The van der Waals surface area contributed by atoms with E-state index in [-0.39, 0.29) is 17.1 Å². The van der Waals surface area contributed by atoms with Crippen molar-refractivity contribution in [3.63, 3.8) is 0 Å². The topological polar surface area (TPSA) is 133 Å². The fraction of sp³-hybridized carbons (Fsp3) is 0.125. The molecule has 10 nitrogen and oxygen atoms in total. The molecular formula is C32H26N8O2. The summed E-state index contributed by atoms with van der Waals surface area (Å²) >= 11 is 0. The molecule has 0 spiro atoms. The molecule has 206 valence electrons. The van der Waals surface area contributed by atoms with E-state index in [1.165, 1.54) is 6.20 Å². The van der Waals surface area contributed by atoms with Crippen LogP contribution in [0.4, 0.5) is 5.82 Å². The minimum absolute atomic E-state index is 0.00169. The monoisotopic (exact) mass is 554 g/mol. The Kier molecular flexibility index (Phi) is 6.90. The molecule has 1 aliphatic rings. The molecule has 5 aromatic rings. The zero-order valence-electron chi connectivity index (χ0n) is 22.9. The van der Waals surface area contributed by atoms with Crippen LogP contribution in [0.15, 0.2) is 89.1 Å². The van der Waals surface area contributed by atoms with Crippen LogP contribution in [-0.2, 0) is 7.05 Å². The lowest BCUT2D eigenvalue weighted by molar-refractivity contribution is 0.0934. The minimum Gasteiger partial charge on any atom is -0.382 e. The average Bonchev–Trinajstić information content (AvgIpc) is 3.68. The summed E-state index contributed by atoms with van der Waals surface area (Å²) in [6.07, 6.45) is 9.33. The van der Waals surface area contributed by atoms with Crippen molar-refractivity contribution in [3.05, 3.63) is 118 Å². The maximum Gasteiger partial charge on any atom is 0.274 e. The smallest absolute Gasteiger partial charge is 0.274 e. The van der Waals surface area contributed by atoms with E-state index >= 15 is 0 Å². The van der Waals surface area contributed by atoms with Crippen LogP contribution < -0.4 is 16.6 Å². The van der Waals surface area contributed by atoms with Gasteiger partial charge in [0.25, 0.3) is 11.5 Å². The summed E-state index contributed by atoms with van der Waals surface area (Å²) in [5.74, 6) is 5.73. The molecule has 1 aliphatic heterocycles. The Morgan fingerprint density at radius 2 is 1.93 bits per heavy atom. The third-order valence-electron chi connectivity index (χ3n) is 6.85. The Hall–Kier alpha value is -5.82. The van der Waals surface area contributed by atoms with Gasteiger partial charge in [-0.1, -0.05) is 48.2 Å². The lowest BCUT2D eigenvalue weighted by atomic mass is 10.0. The molecular weight excluding hydrogens is 528 g/mol. The zero-order chi connectivity index (χ0) is 29.2. The normalized spacial score (nSPS) is 13.0. The molecule has 3 aromatic heterocycles.